The van der Waals surface area contributed by atoms with Gasteiger partial charge in [-0.1, -0.05) is 41.9 Å². The van der Waals surface area contributed by atoms with Gasteiger partial charge in [-0.25, -0.2) is 9.97 Å². The van der Waals surface area contributed by atoms with Gasteiger partial charge in [0.15, 0.2) is 0 Å². The van der Waals surface area contributed by atoms with Crippen molar-refractivity contribution in [2.45, 2.75) is 18.9 Å². The fourth-order valence-corrected chi connectivity index (χ4v) is 2.45. The highest BCUT2D eigenvalue weighted by Crippen LogP contribution is 2.21. The Hall–Kier alpha value is -1.65. The predicted octanol–water partition coefficient (Wildman–Crippen LogP) is 3.39. The number of ether oxygens (including phenoxy) is 1. The average Bonchev–Trinajstić information content (AvgIpc) is 2.99. The molecule has 0 amide bonds. The molecule has 2 heterocycles. The molecule has 1 aromatic heterocycles. The maximum absolute atomic E-state index is 6.07. The highest BCUT2D eigenvalue weighted by Gasteiger charge is 2.15. The largest absolute Gasteiger partial charge is 0.376 e. The van der Waals surface area contributed by atoms with Crippen LogP contribution in [-0.4, -0.2) is 29.2 Å². The van der Waals surface area contributed by atoms with E-state index in [-0.39, 0.29) is 6.10 Å². The molecule has 1 saturated heterocycles. The topological polar surface area (TPSA) is 47.0 Å². The number of nitrogens with zero attached hydrogens (tertiary/aromatic N) is 2. The van der Waals surface area contributed by atoms with E-state index in [9.17, 15) is 0 Å². The Labute approximate surface area is 123 Å². The van der Waals surface area contributed by atoms with Gasteiger partial charge in [0.2, 0.25) is 5.95 Å². The van der Waals surface area contributed by atoms with E-state index in [0.717, 1.165) is 30.7 Å². The molecule has 104 valence electrons. The van der Waals surface area contributed by atoms with Crippen LogP contribution in [0.4, 0.5) is 5.95 Å². The smallest absolute Gasteiger partial charge is 0.224 e. The first kappa shape index (κ1) is 13.3. The molecular formula is C15H16ClN3O. The number of nitrogens with one attached hydrogen (secondary N) is 1. The molecule has 1 aliphatic heterocycles. The second-order valence-corrected chi connectivity index (χ2v) is 5.17. The molecule has 1 unspecified atom stereocenters. The van der Waals surface area contributed by atoms with Crippen molar-refractivity contribution in [3.05, 3.63) is 41.6 Å². The number of aromatic nitrogens is 2. The quantitative estimate of drug-likeness (QED) is 0.877. The van der Waals surface area contributed by atoms with E-state index in [2.05, 4.69) is 15.3 Å². The number of rotatable bonds is 4. The van der Waals surface area contributed by atoms with E-state index in [4.69, 9.17) is 16.3 Å². The lowest BCUT2D eigenvalue weighted by atomic mass is 10.1. The van der Waals surface area contributed by atoms with Crippen LogP contribution < -0.4 is 5.32 Å². The van der Waals surface area contributed by atoms with Crippen LogP contribution in [0.25, 0.3) is 11.3 Å². The Balaban J connectivity index is 1.76. The summed E-state index contributed by atoms with van der Waals surface area (Å²) in [5.41, 5.74) is 1.84. The van der Waals surface area contributed by atoms with Gasteiger partial charge < -0.3 is 10.1 Å². The Kier molecular flexibility index (Phi) is 4.14. The molecule has 0 bridgehead atoms. The molecule has 2 aromatic rings. The van der Waals surface area contributed by atoms with Crippen LogP contribution in [-0.2, 0) is 4.74 Å². The second-order valence-electron chi connectivity index (χ2n) is 4.78. The fraction of sp³-hybridized carbons (Fsp3) is 0.333. The predicted molar refractivity (Wildman–Crippen MR) is 79.9 cm³/mol. The first-order valence-electron chi connectivity index (χ1n) is 6.77. The molecule has 0 saturated carbocycles. The molecule has 0 spiro atoms. The van der Waals surface area contributed by atoms with Crippen LogP contribution in [0.15, 0.2) is 36.4 Å². The number of anilines is 1. The van der Waals surface area contributed by atoms with Crippen LogP contribution in [0.2, 0.25) is 5.15 Å². The molecule has 20 heavy (non-hydrogen) atoms. The highest BCUT2D eigenvalue weighted by atomic mass is 35.5. The minimum Gasteiger partial charge on any atom is -0.376 e. The monoisotopic (exact) mass is 289 g/mol. The Morgan fingerprint density at radius 1 is 1.25 bits per heavy atom. The van der Waals surface area contributed by atoms with Gasteiger partial charge in [-0.15, -0.1) is 0 Å². The maximum Gasteiger partial charge on any atom is 0.224 e. The van der Waals surface area contributed by atoms with Gasteiger partial charge in [0.05, 0.1) is 11.8 Å². The molecule has 4 nitrogen and oxygen atoms in total. The third-order valence-corrected chi connectivity index (χ3v) is 3.47. The third-order valence-electron chi connectivity index (χ3n) is 3.28. The first-order chi connectivity index (χ1) is 9.81. The highest BCUT2D eigenvalue weighted by molar-refractivity contribution is 6.29. The summed E-state index contributed by atoms with van der Waals surface area (Å²) >= 11 is 6.07. The molecule has 0 aliphatic carbocycles. The zero-order valence-corrected chi connectivity index (χ0v) is 11.8. The second kappa shape index (κ2) is 6.20. The zero-order chi connectivity index (χ0) is 13.8. The summed E-state index contributed by atoms with van der Waals surface area (Å²) in [6.45, 7) is 1.56. The van der Waals surface area contributed by atoms with Gasteiger partial charge in [-0.05, 0) is 12.8 Å². The van der Waals surface area contributed by atoms with Crippen molar-refractivity contribution in [1.29, 1.82) is 0 Å². The molecule has 1 aromatic carbocycles. The minimum atomic E-state index is 0.248. The molecule has 1 N–H and O–H groups in total. The summed E-state index contributed by atoms with van der Waals surface area (Å²) in [5, 5.41) is 3.64. The lowest BCUT2D eigenvalue weighted by Crippen LogP contribution is -2.19. The van der Waals surface area contributed by atoms with Crippen LogP contribution in [0.5, 0.6) is 0 Å². The fourth-order valence-electron chi connectivity index (χ4n) is 2.26. The van der Waals surface area contributed by atoms with E-state index < -0.39 is 0 Å². The molecule has 3 rings (SSSR count). The van der Waals surface area contributed by atoms with Crippen molar-refractivity contribution in [3.63, 3.8) is 0 Å². The molecule has 1 aliphatic rings. The summed E-state index contributed by atoms with van der Waals surface area (Å²) in [6, 6.07) is 11.7. The van der Waals surface area contributed by atoms with E-state index in [1.54, 1.807) is 6.07 Å². The van der Waals surface area contributed by atoms with E-state index in [1.807, 2.05) is 30.3 Å². The van der Waals surface area contributed by atoms with Gasteiger partial charge in [0, 0.05) is 24.8 Å². The van der Waals surface area contributed by atoms with Crippen LogP contribution in [0.3, 0.4) is 0 Å². The van der Waals surface area contributed by atoms with Crippen LogP contribution >= 0.6 is 11.6 Å². The molecular weight excluding hydrogens is 274 g/mol. The van der Waals surface area contributed by atoms with Crippen molar-refractivity contribution >= 4 is 17.5 Å². The number of benzene rings is 1. The standard InChI is InChI=1S/C15H16ClN3O/c16-14-9-13(11-5-2-1-3-6-11)18-15(19-14)17-10-12-7-4-8-20-12/h1-3,5-6,9,12H,4,7-8,10H2,(H,17,18,19). The Bertz CT molecular complexity index is 571. The molecule has 1 atom stereocenters. The molecule has 1 fully saturated rings. The van der Waals surface area contributed by atoms with Crippen molar-refractivity contribution in [2.24, 2.45) is 0 Å². The SMILES string of the molecule is Clc1cc(-c2ccccc2)nc(NCC2CCCO2)n1. The van der Waals surface area contributed by atoms with Crippen molar-refractivity contribution in [1.82, 2.24) is 9.97 Å². The van der Waals surface area contributed by atoms with Gasteiger partial charge in [-0.2, -0.15) is 0 Å². The Morgan fingerprint density at radius 2 is 2.10 bits per heavy atom. The lowest BCUT2D eigenvalue weighted by Gasteiger charge is -2.11. The third kappa shape index (κ3) is 3.26. The van der Waals surface area contributed by atoms with Crippen LogP contribution in [0.1, 0.15) is 12.8 Å². The van der Waals surface area contributed by atoms with Crippen molar-refractivity contribution in [3.8, 4) is 11.3 Å². The molecule has 5 heteroatoms. The summed E-state index contributed by atoms with van der Waals surface area (Å²) in [5.74, 6) is 0.548. The first-order valence-corrected chi connectivity index (χ1v) is 7.14. The summed E-state index contributed by atoms with van der Waals surface area (Å²) in [6.07, 6.45) is 2.45. The van der Waals surface area contributed by atoms with Gasteiger partial charge in [-0.3, -0.25) is 0 Å². The summed E-state index contributed by atoms with van der Waals surface area (Å²) < 4.78 is 5.57. The zero-order valence-electron chi connectivity index (χ0n) is 11.1. The van der Waals surface area contributed by atoms with E-state index in [1.165, 1.54) is 0 Å². The van der Waals surface area contributed by atoms with Gasteiger partial charge in [0.1, 0.15) is 5.15 Å². The Morgan fingerprint density at radius 3 is 2.85 bits per heavy atom. The average molecular weight is 290 g/mol. The summed E-state index contributed by atoms with van der Waals surface area (Å²) in [7, 11) is 0. The number of hydrogen-bond acceptors (Lipinski definition) is 4. The van der Waals surface area contributed by atoms with Crippen molar-refractivity contribution < 1.29 is 4.74 Å². The molecule has 0 radical (unpaired) electrons. The van der Waals surface area contributed by atoms with E-state index in [0.29, 0.717) is 17.6 Å². The summed E-state index contributed by atoms with van der Waals surface area (Å²) in [4.78, 5) is 8.71. The van der Waals surface area contributed by atoms with Crippen molar-refractivity contribution in [2.75, 3.05) is 18.5 Å². The van der Waals surface area contributed by atoms with Gasteiger partial charge in [0.25, 0.3) is 0 Å². The van der Waals surface area contributed by atoms with E-state index >= 15 is 0 Å². The minimum absolute atomic E-state index is 0.248. The lowest BCUT2D eigenvalue weighted by molar-refractivity contribution is 0.120. The van der Waals surface area contributed by atoms with Gasteiger partial charge >= 0.3 is 0 Å². The van der Waals surface area contributed by atoms with Crippen LogP contribution in [0, 0.1) is 0 Å². The number of hydrogen-bond donors (Lipinski definition) is 1. The number of halogens is 1. The maximum atomic E-state index is 6.07. The normalized spacial score (nSPS) is 18.1.